The van der Waals surface area contributed by atoms with Gasteiger partial charge in [-0.1, -0.05) is 19.1 Å². The molecule has 6 nitrogen and oxygen atoms in total. The molecule has 3 N–H and O–H groups in total. The van der Waals surface area contributed by atoms with E-state index in [0.29, 0.717) is 13.0 Å². The predicted octanol–water partition coefficient (Wildman–Crippen LogP) is 2.31. The van der Waals surface area contributed by atoms with Gasteiger partial charge in [-0.05, 0) is 44.9 Å². The fraction of sp³-hybridized carbons (Fsp3) is 0.500. The quantitative estimate of drug-likeness (QED) is 0.779. The number of hydrogen-bond donors (Lipinski definition) is 3. The van der Waals surface area contributed by atoms with Crippen LogP contribution in [0.15, 0.2) is 24.3 Å². The Balaban J connectivity index is 2.50. The minimum absolute atomic E-state index is 0.174. The highest BCUT2D eigenvalue weighted by molar-refractivity contribution is 5.85. The average Bonchev–Trinajstić information content (AvgIpc) is 2.42. The monoisotopic (exact) mass is 308 g/mol. The lowest BCUT2D eigenvalue weighted by Gasteiger charge is -2.22. The van der Waals surface area contributed by atoms with Crippen LogP contribution < -0.4 is 10.6 Å². The first-order chi connectivity index (χ1) is 10.2. The minimum atomic E-state index is -0.646. The summed E-state index contributed by atoms with van der Waals surface area (Å²) in [5.41, 5.74) is 0.253. The minimum Gasteiger partial charge on any atom is -0.508 e. The van der Waals surface area contributed by atoms with E-state index in [1.807, 2.05) is 6.92 Å². The Hall–Kier alpha value is -2.24. The van der Waals surface area contributed by atoms with Crippen molar-refractivity contribution >= 4 is 12.0 Å². The van der Waals surface area contributed by atoms with Crippen molar-refractivity contribution in [3.63, 3.8) is 0 Å². The highest BCUT2D eigenvalue weighted by atomic mass is 16.6. The number of rotatable bonds is 5. The highest BCUT2D eigenvalue weighted by Crippen LogP contribution is 2.10. The van der Waals surface area contributed by atoms with Crippen LogP contribution in [-0.2, 0) is 16.1 Å². The zero-order valence-electron chi connectivity index (χ0n) is 13.5. The summed E-state index contributed by atoms with van der Waals surface area (Å²) in [5, 5.41) is 14.5. The van der Waals surface area contributed by atoms with Crippen molar-refractivity contribution < 1.29 is 19.4 Å². The first-order valence-electron chi connectivity index (χ1n) is 7.26. The number of phenols is 1. The number of carbonyl (C=O) groups excluding carboxylic acids is 2. The van der Waals surface area contributed by atoms with Gasteiger partial charge in [0.25, 0.3) is 0 Å². The molecule has 0 heterocycles. The van der Waals surface area contributed by atoms with E-state index in [0.717, 1.165) is 5.56 Å². The van der Waals surface area contributed by atoms with E-state index >= 15 is 0 Å². The van der Waals surface area contributed by atoms with E-state index in [9.17, 15) is 14.7 Å². The molecular weight excluding hydrogens is 284 g/mol. The molecule has 0 aliphatic heterocycles. The van der Waals surface area contributed by atoms with Gasteiger partial charge < -0.3 is 20.5 Å². The molecule has 122 valence electrons. The summed E-state index contributed by atoms with van der Waals surface area (Å²) >= 11 is 0. The van der Waals surface area contributed by atoms with Crippen LogP contribution in [0.4, 0.5) is 4.79 Å². The summed E-state index contributed by atoms with van der Waals surface area (Å²) in [7, 11) is 0. The lowest BCUT2D eigenvalue weighted by Crippen LogP contribution is -2.47. The second-order valence-electron chi connectivity index (χ2n) is 5.99. The van der Waals surface area contributed by atoms with E-state index < -0.39 is 17.7 Å². The van der Waals surface area contributed by atoms with Crippen LogP contribution in [-0.4, -0.2) is 28.7 Å². The van der Waals surface area contributed by atoms with Crippen molar-refractivity contribution in [1.82, 2.24) is 10.6 Å². The molecule has 0 bridgehead atoms. The number of amides is 2. The summed E-state index contributed by atoms with van der Waals surface area (Å²) in [6.07, 6.45) is -0.153. The SMILES string of the molecule is CC[C@H](NC(=O)OC(C)(C)C)C(=O)NCc1ccc(O)cc1. The first-order valence-corrected chi connectivity index (χ1v) is 7.26. The van der Waals surface area contributed by atoms with Crippen LogP contribution in [0.2, 0.25) is 0 Å². The van der Waals surface area contributed by atoms with Crippen molar-refractivity contribution in [3.8, 4) is 5.75 Å². The van der Waals surface area contributed by atoms with Gasteiger partial charge in [0.1, 0.15) is 17.4 Å². The third-order valence-electron chi connectivity index (χ3n) is 2.82. The maximum Gasteiger partial charge on any atom is 0.408 e. The molecule has 2 amide bonds. The third-order valence-corrected chi connectivity index (χ3v) is 2.82. The van der Waals surface area contributed by atoms with Crippen LogP contribution >= 0.6 is 0 Å². The Morgan fingerprint density at radius 2 is 1.82 bits per heavy atom. The molecule has 0 radical (unpaired) electrons. The summed E-state index contributed by atoms with van der Waals surface area (Å²) in [6, 6.07) is 5.90. The number of phenolic OH excluding ortho intramolecular Hbond substituents is 1. The van der Waals surface area contributed by atoms with Crippen LogP contribution in [0.3, 0.4) is 0 Å². The fourth-order valence-corrected chi connectivity index (χ4v) is 1.73. The van der Waals surface area contributed by atoms with Crippen molar-refractivity contribution in [2.24, 2.45) is 0 Å². The average molecular weight is 308 g/mol. The topological polar surface area (TPSA) is 87.7 Å². The fourth-order valence-electron chi connectivity index (χ4n) is 1.73. The maximum atomic E-state index is 12.1. The molecule has 0 saturated carbocycles. The molecule has 1 aromatic rings. The molecule has 0 spiro atoms. The Kier molecular flexibility index (Phi) is 6.22. The van der Waals surface area contributed by atoms with Gasteiger partial charge in [-0.3, -0.25) is 4.79 Å². The molecule has 0 aliphatic rings. The smallest absolute Gasteiger partial charge is 0.408 e. The Bertz CT molecular complexity index is 506. The molecule has 0 saturated heterocycles. The van der Waals surface area contributed by atoms with E-state index in [1.165, 1.54) is 0 Å². The number of nitrogens with one attached hydrogen (secondary N) is 2. The Morgan fingerprint density at radius 1 is 1.23 bits per heavy atom. The summed E-state index contributed by atoms with van der Waals surface area (Å²) in [4.78, 5) is 23.8. The Labute approximate surface area is 130 Å². The standard InChI is InChI=1S/C16H24N2O4/c1-5-13(18-15(21)22-16(2,3)4)14(20)17-10-11-6-8-12(19)9-7-11/h6-9,13,19H,5,10H2,1-4H3,(H,17,20)(H,18,21)/t13-/m0/s1. The van der Waals surface area contributed by atoms with Crippen LogP contribution in [0.1, 0.15) is 39.7 Å². The van der Waals surface area contributed by atoms with Gasteiger partial charge in [-0.2, -0.15) is 0 Å². The Morgan fingerprint density at radius 3 is 2.32 bits per heavy atom. The van der Waals surface area contributed by atoms with Crippen LogP contribution in [0, 0.1) is 0 Å². The zero-order valence-corrected chi connectivity index (χ0v) is 13.5. The number of ether oxygens (including phenoxy) is 1. The van der Waals surface area contributed by atoms with Crippen molar-refractivity contribution in [2.45, 2.75) is 52.3 Å². The largest absolute Gasteiger partial charge is 0.508 e. The van der Waals surface area contributed by atoms with Gasteiger partial charge >= 0.3 is 6.09 Å². The summed E-state index contributed by atoms with van der Waals surface area (Å²) in [5.74, 6) is -0.102. The molecule has 22 heavy (non-hydrogen) atoms. The molecule has 0 unspecified atom stereocenters. The van der Waals surface area contributed by atoms with Gasteiger partial charge in [0.15, 0.2) is 0 Å². The van der Waals surface area contributed by atoms with Gasteiger partial charge in [0, 0.05) is 6.54 Å². The number of alkyl carbamates (subject to hydrolysis) is 1. The van der Waals surface area contributed by atoms with Crippen molar-refractivity contribution in [1.29, 1.82) is 0 Å². The number of carbonyl (C=O) groups is 2. The predicted molar refractivity (Wildman–Crippen MR) is 83.4 cm³/mol. The van der Waals surface area contributed by atoms with Gasteiger partial charge in [0.05, 0.1) is 0 Å². The second-order valence-corrected chi connectivity index (χ2v) is 5.99. The lowest BCUT2D eigenvalue weighted by atomic mass is 10.2. The number of benzene rings is 1. The third kappa shape index (κ3) is 6.47. The second kappa shape index (κ2) is 7.68. The summed E-state index contributed by atoms with van der Waals surface area (Å²) in [6.45, 7) is 7.42. The zero-order chi connectivity index (χ0) is 16.8. The molecule has 1 aromatic carbocycles. The van der Waals surface area contributed by atoms with E-state index in [4.69, 9.17) is 4.74 Å². The maximum absolute atomic E-state index is 12.1. The van der Waals surface area contributed by atoms with Gasteiger partial charge in [0.2, 0.25) is 5.91 Å². The van der Waals surface area contributed by atoms with Crippen LogP contribution in [0.5, 0.6) is 5.75 Å². The van der Waals surface area contributed by atoms with Crippen molar-refractivity contribution in [3.05, 3.63) is 29.8 Å². The van der Waals surface area contributed by atoms with Crippen molar-refractivity contribution in [2.75, 3.05) is 0 Å². The number of hydrogen-bond acceptors (Lipinski definition) is 4. The number of aromatic hydroxyl groups is 1. The molecule has 0 fully saturated rings. The lowest BCUT2D eigenvalue weighted by molar-refractivity contribution is -0.123. The van der Waals surface area contributed by atoms with E-state index in [2.05, 4.69) is 10.6 Å². The van der Waals surface area contributed by atoms with Gasteiger partial charge in [-0.25, -0.2) is 4.79 Å². The van der Waals surface area contributed by atoms with E-state index in [1.54, 1.807) is 45.0 Å². The molecule has 6 heteroatoms. The normalized spacial score (nSPS) is 12.4. The molecule has 0 aromatic heterocycles. The van der Waals surface area contributed by atoms with Crippen LogP contribution in [0.25, 0.3) is 0 Å². The first kappa shape index (κ1) is 17.8. The molecular formula is C16H24N2O4. The molecule has 1 rings (SSSR count). The van der Waals surface area contributed by atoms with E-state index in [-0.39, 0.29) is 11.7 Å². The molecule has 0 aliphatic carbocycles. The summed E-state index contributed by atoms with van der Waals surface area (Å²) < 4.78 is 5.14. The highest BCUT2D eigenvalue weighted by Gasteiger charge is 2.22. The van der Waals surface area contributed by atoms with Gasteiger partial charge in [-0.15, -0.1) is 0 Å². The molecule has 1 atom stereocenters.